The van der Waals surface area contributed by atoms with E-state index in [9.17, 15) is 13.6 Å². The lowest BCUT2D eigenvalue weighted by molar-refractivity contribution is -0.125. The Balaban J connectivity index is 1.39. The van der Waals surface area contributed by atoms with Gasteiger partial charge in [-0.15, -0.1) is 0 Å². The Morgan fingerprint density at radius 1 is 1.14 bits per heavy atom. The molecule has 0 bridgehead atoms. The highest BCUT2D eigenvalue weighted by atomic mass is 19.3. The lowest BCUT2D eigenvalue weighted by atomic mass is 9.99. The number of alkyl halides is 2. The average Bonchev–Trinajstić information content (AvgIpc) is 3.17. The summed E-state index contributed by atoms with van der Waals surface area (Å²) < 4.78 is 28.7. The number of fused-ring (bicyclic) bond motifs is 1. The molecule has 0 fully saturated rings. The predicted molar refractivity (Wildman–Crippen MR) is 110 cm³/mol. The van der Waals surface area contributed by atoms with Crippen LogP contribution in [0.2, 0.25) is 0 Å². The van der Waals surface area contributed by atoms with Gasteiger partial charge in [0, 0.05) is 41.8 Å². The number of ether oxygens (including phenoxy) is 1. The van der Waals surface area contributed by atoms with Gasteiger partial charge in [0.15, 0.2) is 0 Å². The topological polar surface area (TPSA) is 45.3 Å². The average molecular weight is 394 g/mol. The molecule has 1 aromatic heterocycles. The van der Waals surface area contributed by atoms with Gasteiger partial charge in [-0.1, -0.05) is 36.4 Å². The second-order valence-corrected chi connectivity index (χ2v) is 6.79. The lowest BCUT2D eigenvalue weighted by Crippen LogP contribution is -2.33. The number of hydrogen-bond donors (Lipinski definition) is 1. The maximum Gasteiger partial charge on any atom is 0.387 e. The van der Waals surface area contributed by atoms with Gasteiger partial charge >= 0.3 is 6.61 Å². The zero-order valence-corrected chi connectivity index (χ0v) is 15.6. The highest BCUT2D eigenvalue weighted by molar-refractivity contribution is 5.95. The van der Waals surface area contributed by atoms with Crippen LogP contribution in [0, 0.1) is 0 Å². The van der Waals surface area contributed by atoms with Crippen molar-refractivity contribution in [3.05, 3.63) is 78.0 Å². The third-order valence-electron chi connectivity index (χ3n) is 4.98. The molecule has 0 saturated heterocycles. The fraction of sp³-hybridized carbons (Fsp3) is 0.174. The first-order valence-corrected chi connectivity index (χ1v) is 9.37. The van der Waals surface area contributed by atoms with E-state index in [1.54, 1.807) is 23.1 Å². The van der Waals surface area contributed by atoms with Gasteiger partial charge in [-0.25, -0.2) is 0 Å². The summed E-state index contributed by atoms with van der Waals surface area (Å²) in [5.41, 5.74) is 4.28. The van der Waals surface area contributed by atoms with E-state index in [0.29, 0.717) is 13.1 Å². The first-order chi connectivity index (χ1) is 14.1. The van der Waals surface area contributed by atoms with E-state index < -0.39 is 6.61 Å². The molecular weight excluding hydrogens is 374 g/mol. The van der Waals surface area contributed by atoms with Crippen molar-refractivity contribution in [2.45, 2.75) is 13.0 Å². The summed E-state index contributed by atoms with van der Waals surface area (Å²) in [7, 11) is 0. The van der Waals surface area contributed by atoms with E-state index >= 15 is 0 Å². The number of H-pyrrole nitrogens is 1. The molecule has 6 heteroatoms. The van der Waals surface area contributed by atoms with Crippen LogP contribution < -0.4 is 4.74 Å². The Kier molecular flexibility index (Phi) is 5.42. The number of aromatic nitrogens is 1. The molecule has 2 aromatic carbocycles. The number of nitrogens with zero attached hydrogens (tertiary/aromatic N) is 1. The van der Waals surface area contributed by atoms with Crippen LogP contribution in [-0.4, -0.2) is 35.5 Å². The maximum absolute atomic E-state index is 12.5. The van der Waals surface area contributed by atoms with E-state index in [1.807, 2.05) is 18.3 Å². The van der Waals surface area contributed by atoms with Crippen LogP contribution in [0.25, 0.3) is 22.6 Å². The van der Waals surface area contributed by atoms with Crippen molar-refractivity contribution in [3.63, 3.8) is 0 Å². The minimum absolute atomic E-state index is 0.0767. The van der Waals surface area contributed by atoms with Gasteiger partial charge in [0.2, 0.25) is 5.91 Å². The highest BCUT2D eigenvalue weighted by Crippen LogP contribution is 2.29. The number of benzene rings is 2. The zero-order chi connectivity index (χ0) is 20.2. The third-order valence-corrected chi connectivity index (χ3v) is 4.98. The smallest absolute Gasteiger partial charge is 0.387 e. The predicted octanol–water partition coefficient (Wildman–Crippen LogP) is 5.10. The molecule has 148 valence electrons. The summed E-state index contributed by atoms with van der Waals surface area (Å²) >= 11 is 0. The summed E-state index contributed by atoms with van der Waals surface area (Å²) in [5.74, 6) is 0.0154. The molecule has 0 aliphatic carbocycles. The van der Waals surface area contributed by atoms with Crippen molar-refractivity contribution in [3.8, 4) is 5.75 Å². The van der Waals surface area contributed by atoms with Crippen LogP contribution in [-0.2, 0) is 4.79 Å². The van der Waals surface area contributed by atoms with Crippen LogP contribution in [0.1, 0.15) is 17.5 Å². The van der Waals surface area contributed by atoms with E-state index in [-0.39, 0.29) is 11.7 Å². The molecule has 4 nitrogen and oxygen atoms in total. The van der Waals surface area contributed by atoms with Crippen molar-refractivity contribution in [2.75, 3.05) is 13.1 Å². The first-order valence-electron chi connectivity index (χ1n) is 9.37. The summed E-state index contributed by atoms with van der Waals surface area (Å²) in [6.45, 7) is -1.64. The molecule has 1 N–H and O–H groups in total. The fourth-order valence-electron chi connectivity index (χ4n) is 3.48. The van der Waals surface area contributed by atoms with E-state index in [2.05, 4.69) is 27.9 Å². The van der Waals surface area contributed by atoms with Gasteiger partial charge in [-0.3, -0.25) is 4.79 Å². The van der Waals surface area contributed by atoms with Gasteiger partial charge in [-0.05, 0) is 41.8 Å². The number of carbonyl (C=O) groups is 1. The van der Waals surface area contributed by atoms with Gasteiger partial charge in [0.25, 0.3) is 0 Å². The number of halogens is 2. The summed E-state index contributed by atoms with van der Waals surface area (Å²) in [4.78, 5) is 17.5. The Hall–Kier alpha value is -3.41. The number of aromatic amines is 1. The van der Waals surface area contributed by atoms with Crippen LogP contribution in [0.5, 0.6) is 5.75 Å². The molecule has 29 heavy (non-hydrogen) atoms. The summed E-state index contributed by atoms with van der Waals surface area (Å²) in [6.07, 6.45) is 8.10. The van der Waals surface area contributed by atoms with Crippen LogP contribution >= 0.6 is 0 Å². The van der Waals surface area contributed by atoms with Crippen LogP contribution in [0.3, 0.4) is 0 Å². The quantitative estimate of drug-likeness (QED) is 0.612. The molecule has 0 atom stereocenters. The van der Waals surface area contributed by atoms with Crippen LogP contribution in [0.15, 0.2) is 66.9 Å². The van der Waals surface area contributed by atoms with Gasteiger partial charge < -0.3 is 14.6 Å². The number of nitrogens with one attached hydrogen (secondary N) is 1. The summed E-state index contributed by atoms with van der Waals surface area (Å²) in [5, 5.41) is 1.19. The van der Waals surface area contributed by atoms with Crippen molar-refractivity contribution < 1.29 is 18.3 Å². The lowest BCUT2D eigenvalue weighted by Gasteiger charge is -2.25. The van der Waals surface area contributed by atoms with Crippen molar-refractivity contribution in [2.24, 2.45) is 0 Å². The normalized spacial score (nSPS) is 14.6. The summed E-state index contributed by atoms with van der Waals surface area (Å²) in [6, 6.07) is 14.3. The molecule has 1 aliphatic heterocycles. The molecule has 1 aliphatic rings. The minimum Gasteiger partial charge on any atom is -0.435 e. The van der Waals surface area contributed by atoms with Gasteiger partial charge in [0.05, 0.1) is 0 Å². The zero-order valence-electron chi connectivity index (χ0n) is 15.6. The molecular formula is C23H20F2N2O2. The molecule has 4 rings (SSSR count). The number of carbonyl (C=O) groups excluding carboxylic acids is 1. The number of rotatable bonds is 5. The monoisotopic (exact) mass is 394 g/mol. The molecule has 0 unspecified atom stereocenters. The van der Waals surface area contributed by atoms with Crippen molar-refractivity contribution >= 4 is 28.5 Å². The fourth-order valence-corrected chi connectivity index (χ4v) is 3.48. The number of amides is 1. The Morgan fingerprint density at radius 2 is 1.93 bits per heavy atom. The van der Waals surface area contributed by atoms with Gasteiger partial charge in [0.1, 0.15) is 5.75 Å². The van der Waals surface area contributed by atoms with Gasteiger partial charge in [-0.2, -0.15) is 8.78 Å². The molecule has 0 saturated carbocycles. The Morgan fingerprint density at radius 3 is 2.66 bits per heavy atom. The minimum atomic E-state index is -2.85. The molecule has 0 radical (unpaired) electrons. The standard InChI is InChI=1S/C23H20F2N2O2/c24-23(25)29-18-8-5-16(6-9-18)7-10-22(28)27-13-11-17(12-14-27)20-15-26-21-4-2-1-3-19(20)21/h1-11,15,23,26H,12-14H2/b10-7+. The highest BCUT2D eigenvalue weighted by Gasteiger charge is 2.17. The maximum atomic E-state index is 12.5. The Bertz CT molecular complexity index is 1070. The molecule has 2 heterocycles. The largest absolute Gasteiger partial charge is 0.435 e. The first kappa shape index (κ1) is 18.9. The second kappa shape index (κ2) is 8.31. The third kappa shape index (κ3) is 4.37. The van der Waals surface area contributed by atoms with Crippen molar-refractivity contribution in [1.29, 1.82) is 0 Å². The van der Waals surface area contributed by atoms with Crippen LogP contribution in [0.4, 0.5) is 8.78 Å². The number of hydrogen-bond acceptors (Lipinski definition) is 2. The second-order valence-electron chi connectivity index (χ2n) is 6.79. The molecule has 1 amide bonds. The Labute approximate surface area is 167 Å². The van der Waals surface area contributed by atoms with E-state index in [1.165, 1.54) is 34.7 Å². The molecule has 3 aromatic rings. The molecule has 0 spiro atoms. The SMILES string of the molecule is O=C(/C=C/c1ccc(OC(F)F)cc1)N1CC=C(c2c[nH]c3ccccc23)CC1. The van der Waals surface area contributed by atoms with E-state index in [4.69, 9.17) is 0 Å². The number of para-hydroxylation sites is 1. The van der Waals surface area contributed by atoms with E-state index in [0.717, 1.165) is 17.5 Å². The van der Waals surface area contributed by atoms with Crippen molar-refractivity contribution in [1.82, 2.24) is 9.88 Å².